The number of alkyl halides is 1. The topological polar surface area (TPSA) is 81.2 Å². The number of anilines is 1. The third-order valence-corrected chi connectivity index (χ3v) is 12.7. The molecule has 224 valence electrons. The highest BCUT2D eigenvalue weighted by molar-refractivity contribution is 9.09. The molecule has 3 aliphatic heterocycles. The van der Waals surface area contributed by atoms with Crippen LogP contribution in [-0.4, -0.2) is 86.3 Å². The molecule has 7 nitrogen and oxygen atoms in total. The molecule has 2 aromatic carbocycles. The maximum Gasteiger partial charge on any atom is 0.251 e. The van der Waals surface area contributed by atoms with Gasteiger partial charge in [-0.3, -0.25) is 14.4 Å². The number of aliphatic hydroxyl groups excluding tert-OH is 1. The molecule has 3 heterocycles. The van der Waals surface area contributed by atoms with Crippen molar-refractivity contribution in [2.75, 3.05) is 31.6 Å². The second-order valence-electron chi connectivity index (χ2n) is 11.8. The van der Waals surface area contributed by atoms with E-state index >= 15 is 0 Å². The first kappa shape index (κ1) is 30.8. The number of fused-ring (bicyclic) bond motifs is 2. The molecule has 8 atom stereocenters. The fraction of sp³-hybridized carbons (Fsp3) is 0.485. The summed E-state index contributed by atoms with van der Waals surface area (Å²) in [6, 6.07) is 12.5. The van der Waals surface area contributed by atoms with Crippen molar-refractivity contribution >= 4 is 61.9 Å². The molecule has 1 N–H and O–H groups in total. The quantitative estimate of drug-likeness (QED) is 0.276. The molecule has 2 bridgehead atoms. The van der Waals surface area contributed by atoms with Crippen molar-refractivity contribution < 1.29 is 19.5 Å². The van der Waals surface area contributed by atoms with Gasteiger partial charge in [-0.25, -0.2) is 0 Å². The van der Waals surface area contributed by atoms with Crippen LogP contribution in [0.15, 0.2) is 67.8 Å². The van der Waals surface area contributed by atoms with Gasteiger partial charge in [0, 0.05) is 35.9 Å². The highest BCUT2D eigenvalue weighted by Crippen LogP contribution is 2.68. The van der Waals surface area contributed by atoms with Gasteiger partial charge in [-0.2, -0.15) is 0 Å². The number of hydrogen-bond acceptors (Lipinski definition) is 5. The summed E-state index contributed by atoms with van der Waals surface area (Å²) >= 11 is 5.46. The van der Waals surface area contributed by atoms with Gasteiger partial charge in [0.15, 0.2) is 0 Å². The molecule has 3 fully saturated rings. The Morgan fingerprint density at radius 2 is 1.86 bits per heavy atom. The SMILES string of the molecule is C=CCN(C)C(=O)[C@H]1[C@@H]2SC3(CC2Br)C(C(=O)N(CC=C)c2ccc4ccccc4c2)N([C@@H](CO)[C@@H](C)CC)C(=O)[C@H]13. The van der Waals surface area contributed by atoms with Gasteiger partial charge in [-0.1, -0.05) is 78.7 Å². The average Bonchev–Trinajstić information content (AvgIpc) is 3.58. The van der Waals surface area contributed by atoms with Gasteiger partial charge in [0.25, 0.3) is 5.91 Å². The van der Waals surface area contributed by atoms with Crippen LogP contribution in [0.5, 0.6) is 0 Å². The smallest absolute Gasteiger partial charge is 0.251 e. The first-order chi connectivity index (χ1) is 20.1. The minimum absolute atomic E-state index is 0.0300. The molecule has 0 saturated carbocycles. The first-order valence-electron chi connectivity index (χ1n) is 14.7. The largest absolute Gasteiger partial charge is 0.394 e. The summed E-state index contributed by atoms with van der Waals surface area (Å²) in [6.07, 6.45) is 4.69. The zero-order chi connectivity index (χ0) is 30.3. The molecule has 3 amide bonds. The number of carbonyl (C=O) groups is 3. The maximum atomic E-state index is 15.0. The number of thioether (sulfide) groups is 1. The van der Waals surface area contributed by atoms with Crippen LogP contribution in [0.25, 0.3) is 10.8 Å². The highest BCUT2D eigenvalue weighted by atomic mass is 79.9. The van der Waals surface area contributed by atoms with E-state index in [4.69, 9.17) is 0 Å². The van der Waals surface area contributed by atoms with E-state index in [1.807, 2.05) is 56.3 Å². The van der Waals surface area contributed by atoms with Gasteiger partial charge in [-0.15, -0.1) is 24.9 Å². The second kappa shape index (κ2) is 12.2. The minimum Gasteiger partial charge on any atom is -0.394 e. The van der Waals surface area contributed by atoms with Crippen LogP contribution >= 0.6 is 27.7 Å². The maximum absolute atomic E-state index is 15.0. The van der Waals surface area contributed by atoms with Gasteiger partial charge in [0.2, 0.25) is 11.8 Å². The minimum atomic E-state index is -0.842. The third-order valence-electron chi connectivity index (χ3n) is 9.49. The van der Waals surface area contributed by atoms with E-state index in [1.165, 1.54) is 0 Å². The van der Waals surface area contributed by atoms with Crippen LogP contribution in [0.1, 0.15) is 26.7 Å². The van der Waals surface area contributed by atoms with Gasteiger partial charge in [-0.05, 0) is 35.2 Å². The molecule has 0 radical (unpaired) electrons. The van der Waals surface area contributed by atoms with Gasteiger partial charge in [0.05, 0.1) is 29.2 Å². The molecule has 3 saturated heterocycles. The van der Waals surface area contributed by atoms with E-state index in [0.29, 0.717) is 13.0 Å². The average molecular weight is 655 g/mol. The summed E-state index contributed by atoms with van der Waals surface area (Å²) in [6.45, 7) is 12.1. The fourth-order valence-electron chi connectivity index (χ4n) is 7.28. The number of rotatable bonds is 11. The summed E-state index contributed by atoms with van der Waals surface area (Å²) in [5.74, 6) is -1.79. The van der Waals surface area contributed by atoms with Crippen LogP contribution < -0.4 is 4.90 Å². The van der Waals surface area contributed by atoms with Crippen molar-refractivity contribution in [1.29, 1.82) is 0 Å². The number of nitrogens with zero attached hydrogens (tertiary/aromatic N) is 3. The number of halogens is 1. The Labute approximate surface area is 261 Å². The number of carbonyl (C=O) groups excluding carboxylic acids is 3. The van der Waals surface area contributed by atoms with Crippen molar-refractivity contribution in [3.8, 4) is 0 Å². The van der Waals surface area contributed by atoms with Crippen LogP contribution in [0, 0.1) is 17.8 Å². The Morgan fingerprint density at radius 1 is 1.17 bits per heavy atom. The van der Waals surface area contributed by atoms with Crippen molar-refractivity contribution in [2.45, 2.75) is 53.6 Å². The zero-order valence-electron chi connectivity index (χ0n) is 24.5. The van der Waals surface area contributed by atoms with Crippen LogP contribution in [0.4, 0.5) is 5.69 Å². The van der Waals surface area contributed by atoms with Gasteiger partial charge < -0.3 is 19.8 Å². The standard InChI is InChI=1S/C33H40BrN3O4S/c1-6-15-35(5)30(39)26-27-31(40)37(25(19-38)20(4)8-3)29(33(27)18-24(34)28(26)42-33)32(41)36(16-7-2)23-14-13-21-11-9-10-12-22(21)17-23/h6-7,9-14,17,20,24-29,38H,1-2,8,15-16,18-19H2,3-5H3/t20-,24?,25-,26+,27-,28+,29?,33?/m0/s1. The van der Waals surface area contributed by atoms with Crippen molar-refractivity contribution in [3.05, 3.63) is 67.8 Å². The van der Waals surface area contributed by atoms with E-state index in [0.717, 1.165) is 22.9 Å². The molecule has 1 spiro atoms. The lowest BCUT2D eigenvalue weighted by Gasteiger charge is -2.41. The van der Waals surface area contributed by atoms with Crippen LogP contribution in [0.2, 0.25) is 0 Å². The van der Waals surface area contributed by atoms with Crippen molar-refractivity contribution in [2.24, 2.45) is 17.8 Å². The van der Waals surface area contributed by atoms with Crippen molar-refractivity contribution in [1.82, 2.24) is 9.80 Å². The lowest BCUT2D eigenvalue weighted by molar-refractivity contribution is -0.145. The number of aliphatic hydroxyl groups is 1. The van der Waals surface area contributed by atoms with Gasteiger partial charge in [0.1, 0.15) is 6.04 Å². The van der Waals surface area contributed by atoms with Gasteiger partial charge >= 0.3 is 0 Å². The molecule has 3 aliphatic rings. The highest BCUT2D eigenvalue weighted by Gasteiger charge is 2.76. The summed E-state index contributed by atoms with van der Waals surface area (Å²) in [5, 5.41) is 12.6. The lowest BCUT2D eigenvalue weighted by atomic mass is 9.70. The Hall–Kier alpha value is -2.62. The number of likely N-dealkylation sites (tertiary alicyclic amines) is 1. The summed E-state index contributed by atoms with van der Waals surface area (Å²) in [5.41, 5.74) is 0.723. The predicted molar refractivity (Wildman–Crippen MR) is 174 cm³/mol. The monoisotopic (exact) mass is 653 g/mol. The van der Waals surface area contributed by atoms with E-state index in [1.54, 1.807) is 45.7 Å². The van der Waals surface area contributed by atoms with Crippen LogP contribution in [0.3, 0.4) is 0 Å². The Morgan fingerprint density at radius 3 is 2.50 bits per heavy atom. The Bertz CT molecular complexity index is 1400. The van der Waals surface area contributed by atoms with E-state index < -0.39 is 28.7 Å². The predicted octanol–water partition coefficient (Wildman–Crippen LogP) is 4.87. The number of likely N-dealkylation sites (N-methyl/N-ethyl adjacent to an activating group) is 1. The van der Waals surface area contributed by atoms with E-state index in [9.17, 15) is 19.5 Å². The molecule has 9 heteroatoms. The lowest BCUT2D eigenvalue weighted by Crippen LogP contribution is -2.59. The summed E-state index contributed by atoms with van der Waals surface area (Å²) < 4.78 is -0.806. The van der Waals surface area contributed by atoms with E-state index in [-0.39, 0.29) is 46.9 Å². The summed E-state index contributed by atoms with van der Waals surface area (Å²) in [4.78, 5) is 48.4. The van der Waals surface area contributed by atoms with E-state index in [2.05, 4.69) is 29.1 Å². The Balaban J connectivity index is 1.64. The normalized spacial score (nSPS) is 29.3. The molecule has 2 aromatic rings. The molecular formula is C33H40BrN3O4S. The molecule has 0 aliphatic carbocycles. The first-order valence-corrected chi connectivity index (χ1v) is 16.5. The third kappa shape index (κ3) is 4.81. The summed E-state index contributed by atoms with van der Waals surface area (Å²) in [7, 11) is 1.73. The molecule has 5 rings (SSSR count). The molecule has 42 heavy (non-hydrogen) atoms. The number of amides is 3. The molecular weight excluding hydrogens is 614 g/mol. The van der Waals surface area contributed by atoms with Crippen LogP contribution in [-0.2, 0) is 14.4 Å². The Kier molecular flexibility index (Phi) is 8.93. The fourth-order valence-corrected chi connectivity index (χ4v) is 10.9. The second-order valence-corrected chi connectivity index (χ2v) is 14.5. The zero-order valence-corrected chi connectivity index (χ0v) is 26.9. The molecule has 3 unspecified atom stereocenters. The van der Waals surface area contributed by atoms with Crippen molar-refractivity contribution in [3.63, 3.8) is 0 Å². The number of hydrogen-bond donors (Lipinski definition) is 1. The number of benzene rings is 2. The molecule has 0 aromatic heterocycles.